The second-order valence-electron chi connectivity index (χ2n) is 8.10. The molecule has 0 saturated carbocycles. The summed E-state index contributed by atoms with van der Waals surface area (Å²) < 4.78 is 19.2. The summed E-state index contributed by atoms with van der Waals surface area (Å²) >= 11 is 0. The Morgan fingerprint density at radius 2 is 2.06 bits per heavy atom. The summed E-state index contributed by atoms with van der Waals surface area (Å²) in [4.78, 5) is 26.4. The molecule has 2 aliphatic rings. The smallest absolute Gasteiger partial charge is 0.338 e. The summed E-state index contributed by atoms with van der Waals surface area (Å²) in [5.74, 6) is -1.36. The highest BCUT2D eigenvalue weighted by Gasteiger charge is 2.25. The molecular formula is C24H24FN3O3. The number of nitrogens with zero attached hydrogens (tertiary/aromatic N) is 2. The van der Waals surface area contributed by atoms with Crippen molar-refractivity contribution >= 4 is 11.9 Å². The Kier molecular flexibility index (Phi) is 6.01. The highest BCUT2D eigenvalue weighted by molar-refractivity contribution is 5.95. The molecule has 2 aliphatic heterocycles. The summed E-state index contributed by atoms with van der Waals surface area (Å²) in [6.07, 6.45) is 2.49. The molecule has 0 aliphatic carbocycles. The van der Waals surface area contributed by atoms with Crippen molar-refractivity contribution in [3.05, 3.63) is 69.5 Å². The van der Waals surface area contributed by atoms with Gasteiger partial charge in [-0.3, -0.25) is 4.79 Å². The first kappa shape index (κ1) is 21.0. The number of ether oxygens (including phenoxy) is 1. The molecule has 31 heavy (non-hydrogen) atoms. The minimum Gasteiger partial charge on any atom is -0.457 e. The second-order valence-corrected chi connectivity index (χ2v) is 8.10. The minimum atomic E-state index is -0.675. The monoisotopic (exact) mass is 421 g/mol. The first-order valence-electron chi connectivity index (χ1n) is 10.5. The van der Waals surface area contributed by atoms with Crippen LogP contribution in [0.2, 0.25) is 0 Å². The lowest BCUT2D eigenvalue weighted by Crippen LogP contribution is -2.45. The van der Waals surface area contributed by atoms with Gasteiger partial charge < -0.3 is 15.0 Å². The Balaban J connectivity index is 1.27. The van der Waals surface area contributed by atoms with Crippen molar-refractivity contribution in [2.75, 3.05) is 19.6 Å². The molecule has 0 spiro atoms. The molecule has 1 N–H and O–H groups in total. The average molecular weight is 421 g/mol. The molecule has 1 fully saturated rings. The average Bonchev–Trinajstić information content (AvgIpc) is 3.15. The number of rotatable bonds is 5. The van der Waals surface area contributed by atoms with Crippen molar-refractivity contribution in [1.29, 1.82) is 5.26 Å². The summed E-state index contributed by atoms with van der Waals surface area (Å²) in [6, 6.07) is 9.63. The van der Waals surface area contributed by atoms with Gasteiger partial charge in [0.15, 0.2) is 0 Å². The number of fused-ring (bicyclic) bond motifs is 1. The quantitative estimate of drug-likeness (QED) is 0.750. The predicted molar refractivity (Wildman–Crippen MR) is 112 cm³/mol. The molecule has 0 aromatic heterocycles. The normalized spacial score (nSPS) is 16.5. The van der Waals surface area contributed by atoms with Gasteiger partial charge in [-0.2, -0.15) is 5.26 Å². The van der Waals surface area contributed by atoms with Crippen molar-refractivity contribution in [1.82, 2.24) is 10.2 Å². The standard InChI is InChI=1S/C24H24FN3O3/c1-15-17(3-5-19-21(15)14-31-24(19)30)6-9-28-10-7-18(8-11-28)27-23(29)20-4-2-16(13-26)12-22(20)25/h2-5,12,18H,6-11,14H2,1H3,(H,27,29). The summed E-state index contributed by atoms with van der Waals surface area (Å²) in [5.41, 5.74) is 4.20. The van der Waals surface area contributed by atoms with Gasteiger partial charge in [-0.25, -0.2) is 9.18 Å². The van der Waals surface area contributed by atoms with Gasteiger partial charge in [0.25, 0.3) is 5.91 Å². The van der Waals surface area contributed by atoms with E-state index in [1.54, 1.807) is 0 Å². The van der Waals surface area contributed by atoms with Gasteiger partial charge in [-0.15, -0.1) is 0 Å². The molecule has 2 aromatic carbocycles. The lowest BCUT2D eigenvalue weighted by Gasteiger charge is -2.32. The topological polar surface area (TPSA) is 82.4 Å². The number of hydrogen-bond acceptors (Lipinski definition) is 5. The van der Waals surface area contributed by atoms with Crippen LogP contribution in [0.4, 0.5) is 4.39 Å². The molecule has 160 valence electrons. The number of piperidine rings is 1. The van der Waals surface area contributed by atoms with Crippen molar-refractivity contribution < 1.29 is 18.7 Å². The lowest BCUT2D eigenvalue weighted by atomic mass is 9.96. The maximum Gasteiger partial charge on any atom is 0.338 e. The zero-order valence-electron chi connectivity index (χ0n) is 17.4. The molecule has 1 saturated heterocycles. The zero-order valence-corrected chi connectivity index (χ0v) is 17.4. The van der Waals surface area contributed by atoms with E-state index in [9.17, 15) is 14.0 Å². The van der Waals surface area contributed by atoms with E-state index in [0.29, 0.717) is 12.2 Å². The number of benzene rings is 2. The van der Waals surface area contributed by atoms with E-state index in [4.69, 9.17) is 10.00 Å². The van der Waals surface area contributed by atoms with Crippen LogP contribution in [0.25, 0.3) is 0 Å². The fraction of sp³-hybridized carbons (Fsp3) is 0.375. The van der Waals surface area contributed by atoms with Crippen molar-refractivity contribution in [3.8, 4) is 6.07 Å². The molecule has 6 nitrogen and oxygen atoms in total. The van der Waals surface area contributed by atoms with Crippen LogP contribution in [-0.2, 0) is 17.8 Å². The first-order valence-corrected chi connectivity index (χ1v) is 10.5. The molecule has 2 aromatic rings. The van der Waals surface area contributed by atoms with E-state index >= 15 is 0 Å². The molecule has 0 atom stereocenters. The maximum atomic E-state index is 14.1. The molecule has 4 rings (SSSR count). The molecule has 2 heterocycles. The third-order valence-corrected chi connectivity index (χ3v) is 6.24. The molecular weight excluding hydrogens is 397 g/mol. The van der Waals surface area contributed by atoms with Gasteiger partial charge in [0.05, 0.1) is 22.8 Å². The number of halogens is 1. The van der Waals surface area contributed by atoms with Crippen LogP contribution in [0.1, 0.15) is 55.8 Å². The van der Waals surface area contributed by atoms with E-state index in [-0.39, 0.29) is 23.1 Å². The van der Waals surface area contributed by atoms with Crippen LogP contribution in [0.3, 0.4) is 0 Å². The van der Waals surface area contributed by atoms with Gasteiger partial charge in [0.1, 0.15) is 12.4 Å². The number of carbonyl (C=O) groups excluding carboxylic acids is 2. The van der Waals surface area contributed by atoms with Crippen molar-refractivity contribution in [3.63, 3.8) is 0 Å². The predicted octanol–water partition coefficient (Wildman–Crippen LogP) is 3.11. The lowest BCUT2D eigenvalue weighted by molar-refractivity contribution is 0.0534. The van der Waals surface area contributed by atoms with Gasteiger partial charge in [0, 0.05) is 31.2 Å². The third-order valence-electron chi connectivity index (χ3n) is 6.24. The fourth-order valence-corrected chi connectivity index (χ4v) is 4.28. The highest BCUT2D eigenvalue weighted by atomic mass is 19.1. The van der Waals surface area contributed by atoms with Crippen molar-refractivity contribution in [2.24, 2.45) is 0 Å². The molecule has 0 unspecified atom stereocenters. The Hall–Kier alpha value is -3.24. The number of nitrogens with one attached hydrogen (secondary N) is 1. The number of carbonyl (C=O) groups is 2. The van der Waals surface area contributed by atoms with Gasteiger partial charge in [0.2, 0.25) is 0 Å². The first-order chi connectivity index (χ1) is 15.0. The Bertz CT molecular complexity index is 1070. The maximum absolute atomic E-state index is 14.1. The Morgan fingerprint density at radius 1 is 1.29 bits per heavy atom. The van der Waals surface area contributed by atoms with Crippen LogP contribution in [0.5, 0.6) is 0 Å². The Morgan fingerprint density at radius 3 is 2.77 bits per heavy atom. The largest absolute Gasteiger partial charge is 0.457 e. The van der Waals surface area contributed by atoms with Gasteiger partial charge in [-0.05, 0) is 61.6 Å². The van der Waals surface area contributed by atoms with E-state index in [0.717, 1.165) is 56.1 Å². The van der Waals surface area contributed by atoms with Crippen LogP contribution in [0.15, 0.2) is 30.3 Å². The van der Waals surface area contributed by atoms with E-state index in [1.165, 1.54) is 17.7 Å². The minimum absolute atomic E-state index is 0.00341. The number of cyclic esters (lactones) is 1. The number of amides is 1. The van der Waals surface area contributed by atoms with Gasteiger partial charge in [-0.1, -0.05) is 6.07 Å². The molecule has 7 heteroatoms. The van der Waals surface area contributed by atoms with Gasteiger partial charge >= 0.3 is 5.97 Å². The molecule has 1 amide bonds. The summed E-state index contributed by atoms with van der Waals surface area (Å²) in [7, 11) is 0. The molecule has 0 radical (unpaired) electrons. The van der Waals surface area contributed by atoms with Crippen molar-refractivity contribution in [2.45, 2.75) is 38.8 Å². The van der Waals surface area contributed by atoms with E-state index in [2.05, 4.69) is 10.2 Å². The van der Waals surface area contributed by atoms with Crippen LogP contribution < -0.4 is 5.32 Å². The van der Waals surface area contributed by atoms with Crippen LogP contribution in [0, 0.1) is 24.1 Å². The zero-order chi connectivity index (χ0) is 22.0. The highest BCUT2D eigenvalue weighted by Crippen LogP contribution is 2.26. The third kappa shape index (κ3) is 4.44. The van der Waals surface area contributed by atoms with E-state index < -0.39 is 11.7 Å². The number of esters is 1. The molecule has 0 bridgehead atoms. The summed E-state index contributed by atoms with van der Waals surface area (Å²) in [5, 5.41) is 11.7. The fourth-order valence-electron chi connectivity index (χ4n) is 4.28. The van der Waals surface area contributed by atoms with Crippen LogP contribution >= 0.6 is 0 Å². The SMILES string of the molecule is Cc1c(CCN2CCC(NC(=O)c3ccc(C#N)cc3F)CC2)ccc2c1COC2=O. The number of nitriles is 1. The number of hydrogen-bond donors (Lipinski definition) is 1. The van der Waals surface area contributed by atoms with Crippen LogP contribution in [-0.4, -0.2) is 42.5 Å². The van der Waals surface area contributed by atoms with E-state index in [1.807, 2.05) is 25.1 Å². The second kappa shape index (κ2) is 8.86. The Labute approximate surface area is 180 Å². The number of likely N-dealkylation sites (tertiary alicyclic amines) is 1. The summed E-state index contributed by atoms with van der Waals surface area (Å²) in [6.45, 7) is 5.01.